The van der Waals surface area contributed by atoms with Gasteiger partial charge in [-0.15, -0.1) is 0 Å². The number of hydrogen-bond donors (Lipinski definition) is 1. The molecule has 0 unspecified atom stereocenters. The Labute approximate surface area is 150 Å². The Kier molecular flexibility index (Phi) is 5.80. The van der Waals surface area contributed by atoms with Gasteiger partial charge in [0.2, 0.25) is 0 Å². The number of nitrogens with one attached hydrogen (secondary N) is 1. The first-order valence-corrected chi connectivity index (χ1v) is 9.60. The van der Waals surface area contributed by atoms with E-state index in [1.807, 2.05) is 70.2 Å². The van der Waals surface area contributed by atoms with E-state index in [0.717, 1.165) is 11.1 Å². The summed E-state index contributed by atoms with van der Waals surface area (Å²) in [6.07, 6.45) is 3.94. The van der Waals surface area contributed by atoms with Crippen molar-refractivity contribution in [2.45, 2.75) is 32.6 Å². The zero-order chi connectivity index (χ0) is 18.5. The van der Waals surface area contributed by atoms with Gasteiger partial charge in [-0.2, -0.15) is 18.4 Å². The Balaban J connectivity index is 2.42. The molecule has 2 aromatic carbocycles. The fourth-order valence-electron chi connectivity index (χ4n) is 2.55. The third kappa shape index (κ3) is 4.79. The minimum absolute atomic E-state index is 0.193. The van der Waals surface area contributed by atoms with Crippen molar-refractivity contribution in [3.63, 3.8) is 0 Å². The second-order valence-corrected chi connectivity index (χ2v) is 8.12. The van der Waals surface area contributed by atoms with E-state index in [2.05, 4.69) is 9.93 Å². The van der Waals surface area contributed by atoms with Crippen molar-refractivity contribution >= 4 is 15.7 Å². The molecule has 1 N–H and O–H groups in total. The van der Waals surface area contributed by atoms with Gasteiger partial charge in [0.1, 0.15) is 0 Å². The number of hydrazone groups is 1. The van der Waals surface area contributed by atoms with Crippen LogP contribution in [0.15, 0.2) is 76.7 Å². The lowest BCUT2D eigenvalue weighted by Gasteiger charge is -2.23. The zero-order valence-electron chi connectivity index (χ0n) is 15.0. The molecule has 0 amide bonds. The first-order chi connectivity index (χ1) is 11.8. The van der Waals surface area contributed by atoms with Gasteiger partial charge in [0.15, 0.2) is 0 Å². The third-order valence-electron chi connectivity index (χ3n) is 3.85. The molecule has 0 spiro atoms. The van der Waals surface area contributed by atoms with Gasteiger partial charge < -0.3 is 0 Å². The zero-order valence-corrected chi connectivity index (χ0v) is 15.8. The molecule has 0 radical (unpaired) electrons. The molecular weight excluding hydrogens is 332 g/mol. The molecule has 0 aliphatic carbocycles. The van der Waals surface area contributed by atoms with Crippen molar-refractivity contribution in [2.75, 3.05) is 0 Å². The molecule has 0 saturated carbocycles. The second-order valence-electron chi connectivity index (χ2n) is 6.46. The van der Waals surface area contributed by atoms with Crippen LogP contribution in [-0.4, -0.2) is 14.1 Å². The average Bonchev–Trinajstić information content (AvgIpc) is 2.56. The standard InChI is InChI=1S/C20H24N2O2S/c1-5-15-20(3,4)19(17-9-7-6-8-10-17)21-22-25(23,24)18-13-11-16(2)12-14-18/h5-15,22H,1-4H3/b15-5+,21-19-. The molecule has 0 aromatic heterocycles. The van der Waals surface area contributed by atoms with E-state index >= 15 is 0 Å². The minimum atomic E-state index is -3.72. The van der Waals surface area contributed by atoms with Crippen LogP contribution in [0.1, 0.15) is 31.9 Å². The molecule has 4 nitrogen and oxygen atoms in total. The Morgan fingerprint density at radius 2 is 1.64 bits per heavy atom. The normalized spacial score (nSPS) is 13.2. The molecule has 5 heteroatoms. The molecule has 0 saturated heterocycles. The van der Waals surface area contributed by atoms with Crippen molar-refractivity contribution in [3.05, 3.63) is 77.9 Å². The van der Waals surface area contributed by atoms with Crippen LogP contribution in [-0.2, 0) is 10.0 Å². The maximum absolute atomic E-state index is 12.5. The number of benzene rings is 2. The summed E-state index contributed by atoms with van der Waals surface area (Å²) in [6, 6.07) is 16.3. The first-order valence-electron chi connectivity index (χ1n) is 8.12. The summed E-state index contributed by atoms with van der Waals surface area (Å²) in [5.74, 6) is 0. The van der Waals surface area contributed by atoms with E-state index in [-0.39, 0.29) is 4.90 Å². The Hall–Kier alpha value is -2.40. The van der Waals surface area contributed by atoms with Gasteiger partial charge in [0, 0.05) is 5.41 Å². The topological polar surface area (TPSA) is 58.5 Å². The van der Waals surface area contributed by atoms with E-state index in [9.17, 15) is 8.42 Å². The molecule has 0 bridgehead atoms. The van der Waals surface area contributed by atoms with Crippen LogP contribution >= 0.6 is 0 Å². The van der Waals surface area contributed by atoms with Gasteiger partial charge in [0.25, 0.3) is 10.0 Å². The maximum Gasteiger partial charge on any atom is 0.276 e. The predicted octanol–water partition coefficient (Wildman–Crippen LogP) is 4.28. The highest BCUT2D eigenvalue weighted by atomic mass is 32.2. The van der Waals surface area contributed by atoms with Crippen LogP contribution in [0.4, 0.5) is 0 Å². The lowest BCUT2D eigenvalue weighted by molar-refractivity contribution is 0.582. The third-order valence-corrected chi connectivity index (χ3v) is 5.07. The van der Waals surface area contributed by atoms with Crippen molar-refractivity contribution in [3.8, 4) is 0 Å². The van der Waals surface area contributed by atoms with Crippen LogP contribution in [0.25, 0.3) is 0 Å². The van der Waals surface area contributed by atoms with E-state index in [0.29, 0.717) is 5.71 Å². The van der Waals surface area contributed by atoms with Crippen LogP contribution < -0.4 is 4.83 Å². The van der Waals surface area contributed by atoms with Crippen LogP contribution in [0.2, 0.25) is 0 Å². The molecule has 0 aliphatic heterocycles. The van der Waals surface area contributed by atoms with Crippen LogP contribution in [0.5, 0.6) is 0 Å². The minimum Gasteiger partial charge on any atom is -0.200 e. The van der Waals surface area contributed by atoms with Crippen molar-refractivity contribution < 1.29 is 8.42 Å². The maximum atomic E-state index is 12.5. The fraction of sp³-hybridized carbons (Fsp3) is 0.250. The summed E-state index contributed by atoms with van der Waals surface area (Å²) >= 11 is 0. The summed E-state index contributed by atoms with van der Waals surface area (Å²) in [4.78, 5) is 2.58. The number of allylic oxidation sites excluding steroid dienone is 2. The largest absolute Gasteiger partial charge is 0.276 e. The van der Waals surface area contributed by atoms with Crippen LogP contribution in [0, 0.1) is 12.3 Å². The predicted molar refractivity (Wildman–Crippen MR) is 103 cm³/mol. The highest BCUT2D eigenvalue weighted by Gasteiger charge is 2.24. The monoisotopic (exact) mass is 356 g/mol. The smallest absolute Gasteiger partial charge is 0.200 e. The van der Waals surface area contributed by atoms with Crippen molar-refractivity contribution in [1.29, 1.82) is 0 Å². The molecule has 0 heterocycles. The van der Waals surface area contributed by atoms with Gasteiger partial charge in [-0.3, -0.25) is 0 Å². The molecule has 132 valence electrons. The Morgan fingerprint density at radius 1 is 1.04 bits per heavy atom. The van der Waals surface area contributed by atoms with Gasteiger partial charge in [-0.05, 0) is 31.5 Å². The summed E-state index contributed by atoms with van der Waals surface area (Å²) in [6.45, 7) is 7.84. The molecule has 2 rings (SSSR count). The number of aryl methyl sites for hydroxylation is 1. The molecule has 2 aromatic rings. The number of nitrogens with zero attached hydrogens (tertiary/aromatic N) is 1. The van der Waals surface area contributed by atoms with E-state index in [4.69, 9.17) is 0 Å². The van der Waals surface area contributed by atoms with Gasteiger partial charge in [0.05, 0.1) is 10.6 Å². The second kappa shape index (κ2) is 7.66. The van der Waals surface area contributed by atoms with E-state index < -0.39 is 15.4 Å². The summed E-state index contributed by atoms with van der Waals surface area (Å²) in [7, 11) is -3.72. The van der Waals surface area contributed by atoms with E-state index in [1.54, 1.807) is 24.3 Å². The lowest BCUT2D eigenvalue weighted by atomic mass is 9.83. The Morgan fingerprint density at radius 3 is 2.20 bits per heavy atom. The molecule has 0 aliphatic rings. The lowest BCUT2D eigenvalue weighted by Crippen LogP contribution is -2.28. The SMILES string of the molecule is C/C=C/C(C)(C)/C(=N\NS(=O)(=O)c1ccc(C)cc1)c1ccccc1. The molecule has 0 fully saturated rings. The molecule has 25 heavy (non-hydrogen) atoms. The molecule has 0 atom stereocenters. The van der Waals surface area contributed by atoms with Crippen LogP contribution in [0.3, 0.4) is 0 Å². The molecular formula is C20H24N2O2S. The average molecular weight is 356 g/mol. The first kappa shape index (κ1) is 18.9. The number of hydrogen-bond acceptors (Lipinski definition) is 3. The Bertz CT molecular complexity index is 866. The van der Waals surface area contributed by atoms with Gasteiger partial charge in [-0.1, -0.05) is 74.0 Å². The highest BCUT2D eigenvalue weighted by molar-refractivity contribution is 7.89. The fourth-order valence-corrected chi connectivity index (χ4v) is 3.36. The van der Waals surface area contributed by atoms with Crippen molar-refractivity contribution in [2.24, 2.45) is 10.5 Å². The quantitative estimate of drug-likeness (QED) is 0.477. The number of sulfonamides is 1. The highest BCUT2D eigenvalue weighted by Crippen LogP contribution is 2.25. The summed E-state index contributed by atoms with van der Waals surface area (Å²) < 4.78 is 25.1. The van der Waals surface area contributed by atoms with Gasteiger partial charge in [-0.25, -0.2) is 0 Å². The summed E-state index contributed by atoms with van der Waals surface area (Å²) in [5.41, 5.74) is 2.10. The summed E-state index contributed by atoms with van der Waals surface area (Å²) in [5, 5.41) is 4.28. The number of rotatable bonds is 6. The van der Waals surface area contributed by atoms with E-state index in [1.165, 1.54) is 0 Å². The van der Waals surface area contributed by atoms with Crippen molar-refractivity contribution in [1.82, 2.24) is 4.83 Å². The van der Waals surface area contributed by atoms with Gasteiger partial charge >= 0.3 is 0 Å².